The van der Waals surface area contributed by atoms with E-state index in [2.05, 4.69) is 16.8 Å². The van der Waals surface area contributed by atoms with Gasteiger partial charge in [0.2, 0.25) is 0 Å². The zero-order valence-electron chi connectivity index (χ0n) is 7.12. The standard InChI is InChI=1S/C10H12OS/c1-2-10(11)9-5-8(9)7-3-4-12-6-7/h3-4,6,8-9H,2,5H2,1H3. The molecule has 2 atom stereocenters. The second-order valence-corrected chi connectivity index (χ2v) is 4.11. The molecule has 2 rings (SSSR count). The molecule has 0 saturated heterocycles. The van der Waals surface area contributed by atoms with Gasteiger partial charge in [0.05, 0.1) is 0 Å². The summed E-state index contributed by atoms with van der Waals surface area (Å²) in [6.07, 6.45) is 1.79. The Balaban J connectivity index is 2.01. The van der Waals surface area contributed by atoms with Gasteiger partial charge in [-0.25, -0.2) is 0 Å². The second kappa shape index (κ2) is 3.02. The summed E-state index contributed by atoms with van der Waals surface area (Å²) < 4.78 is 0. The van der Waals surface area contributed by atoms with E-state index in [0.717, 1.165) is 6.42 Å². The molecule has 1 heterocycles. The molecule has 0 amide bonds. The van der Waals surface area contributed by atoms with E-state index in [1.54, 1.807) is 11.3 Å². The van der Waals surface area contributed by atoms with Gasteiger partial charge in [0.15, 0.2) is 0 Å². The third-order valence-corrected chi connectivity index (χ3v) is 3.23. The molecule has 0 aliphatic heterocycles. The number of carbonyl (C=O) groups excluding carboxylic acids is 1. The molecule has 2 heteroatoms. The first-order chi connectivity index (χ1) is 5.83. The van der Waals surface area contributed by atoms with Gasteiger partial charge in [-0.15, -0.1) is 0 Å². The van der Waals surface area contributed by atoms with Crippen molar-refractivity contribution in [1.82, 2.24) is 0 Å². The number of thiophene rings is 1. The molecule has 0 bridgehead atoms. The molecule has 1 aliphatic rings. The van der Waals surface area contributed by atoms with Crippen LogP contribution in [0.15, 0.2) is 16.8 Å². The van der Waals surface area contributed by atoms with E-state index in [0.29, 0.717) is 24.0 Å². The van der Waals surface area contributed by atoms with Crippen LogP contribution in [0.25, 0.3) is 0 Å². The number of Topliss-reactive ketones (excluding diaryl/α,β-unsaturated/α-hetero) is 1. The molecule has 0 N–H and O–H groups in total. The van der Waals surface area contributed by atoms with E-state index in [1.165, 1.54) is 5.56 Å². The molecule has 1 aliphatic carbocycles. The van der Waals surface area contributed by atoms with E-state index in [1.807, 2.05) is 6.92 Å². The molecule has 1 nitrogen and oxygen atoms in total. The Morgan fingerprint density at radius 2 is 2.58 bits per heavy atom. The van der Waals surface area contributed by atoms with Crippen molar-refractivity contribution in [2.45, 2.75) is 25.7 Å². The van der Waals surface area contributed by atoms with Crippen LogP contribution in [0.4, 0.5) is 0 Å². The summed E-state index contributed by atoms with van der Waals surface area (Å²) in [6.45, 7) is 1.95. The monoisotopic (exact) mass is 180 g/mol. The fourth-order valence-electron chi connectivity index (χ4n) is 1.67. The normalized spacial score (nSPS) is 27.1. The van der Waals surface area contributed by atoms with E-state index in [-0.39, 0.29) is 0 Å². The second-order valence-electron chi connectivity index (χ2n) is 3.33. The molecule has 0 aromatic carbocycles. The van der Waals surface area contributed by atoms with Gasteiger partial charge in [0.1, 0.15) is 5.78 Å². The van der Waals surface area contributed by atoms with Crippen LogP contribution >= 0.6 is 11.3 Å². The number of hydrogen-bond acceptors (Lipinski definition) is 2. The summed E-state index contributed by atoms with van der Waals surface area (Å²) in [5.41, 5.74) is 1.37. The zero-order valence-corrected chi connectivity index (χ0v) is 7.93. The van der Waals surface area contributed by atoms with Gasteiger partial charge >= 0.3 is 0 Å². The lowest BCUT2D eigenvalue weighted by molar-refractivity contribution is -0.120. The van der Waals surface area contributed by atoms with Crippen molar-refractivity contribution in [3.63, 3.8) is 0 Å². The molecular weight excluding hydrogens is 168 g/mol. The Bertz CT molecular complexity index is 276. The van der Waals surface area contributed by atoms with Crippen LogP contribution in [0.5, 0.6) is 0 Å². The molecule has 0 spiro atoms. The number of rotatable bonds is 3. The minimum absolute atomic E-state index is 0.351. The smallest absolute Gasteiger partial charge is 0.136 e. The summed E-state index contributed by atoms with van der Waals surface area (Å²) in [7, 11) is 0. The molecule has 1 aromatic heterocycles. The van der Waals surface area contributed by atoms with Crippen molar-refractivity contribution in [3.05, 3.63) is 22.4 Å². The van der Waals surface area contributed by atoms with Crippen molar-refractivity contribution >= 4 is 17.1 Å². The molecule has 1 fully saturated rings. The maximum atomic E-state index is 11.3. The van der Waals surface area contributed by atoms with Gasteiger partial charge in [-0.3, -0.25) is 4.79 Å². The number of hydrogen-bond donors (Lipinski definition) is 0. The molecule has 12 heavy (non-hydrogen) atoms. The van der Waals surface area contributed by atoms with Crippen LogP contribution in [0.2, 0.25) is 0 Å². The highest BCUT2D eigenvalue weighted by atomic mass is 32.1. The highest BCUT2D eigenvalue weighted by molar-refractivity contribution is 7.08. The van der Waals surface area contributed by atoms with Crippen molar-refractivity contribution in [2.75, 3.05) is 0 Å². The van der Waals surface area contributed by atoms with Crippen molar-refractivity contribution in [2.24, 2.45) is 5.92 Å². The van der Waals surface area contributed by atoms with E-state index in [9.17, 15) is 4.79 Å². The van der Waals surface area contributed by atoms with Crippen LogP contribution in [-0.2, 0) is 4.79 Å². The lowest BCUT2D eigenvalue weighted by Crippen LogP contribution is -1.98. The van der Waals surface area contributed by atoms with Gasteiger partial charge < -0.3 is 0 Å². The quantitative estimate of drug-likeness (QED) is 0.699. The minimum atomic E-state index is 0.351. The van der Waals surface area contributed by atoms with Crippen molar-refractivity contribution in [3.8, 4) is 0 Å². The molecule has 1 aromatic rings. The Morgan fingerprint density at radius 1 is 1.75 bits per heavy atom. The van der Waals surface area contributed by atoms with Crippen LogP contribution in [-0.4, -0.2) is 5.78 Å². The Hall–Kier alpha value is -0.630. The van der Waals surface area contributed by atoms with Crippen LogP contribution in [0.1, 0.15) is 31.2 Å². The molecule has 2 unspecified atom stereocenters. The maximum Gasteiger partial charge on any atom is 0.136 e. The van der Waals surface area contributed by atoms with Gasteiger partial charge in [-0.05, 0) is 34.7 Å². The summed E-state index contributed by atoms with van der Waals surface area (Å²) in [5, 5.41) is 4.24. The molecule has 1 saturated carbocycles. The van der Waals surface area contributed by atoms with Gasteiger partial charge in [-0.2, -0.15) is 11.3 Å². The predicted octanol–water partition coefficient (Wildman–Crippen LogP) is 2.83. The molecular formula is C10H12OS. The SMILES string of the molecule is CCC(=O)C1CC1c1ccsc1. The average Bonchev–Trinajstić information content (AvgIpc) is 2.71. The topological polar surface area (TPSA) is 17.1 Å². The summed E-state index contributed by atoms with van der Waals surface area (Å²) >= 11 is 1.72. The Labute approximate surface area is 76.4 Å². The zero-order chi connectivity index (χ0) is 8.55. The first-order valence-corrected chi connectivity index (χ1v) is 5.32. The largest absolute Gasteiger partial charge is 0.299 e. The minimum Gasteiger partial charge on any atom is -0.299 e. The first-order valence-electron chi connectivity index (χ1n) is 4.37. The van der Waals surface area contributed by atoms with Gasteiger partial charge in [0, 0.05) is 12.3 Å². The molecule has 64 valence electrons. The number of ketones is 1. The third-order valence-electron chi connectivity index (χ3n) is 2.52. The van der Waals surface area contributed by atoms with Crippen LogP contribution < -0.4 is 0 Å². The van der Waals surface area contributed by atoms with Crippen LogP contribution in [0.3, 0.4) is 0 Å². The van der Waals surface area contributed by atoms with Gasteiger partial charge in [-0.1, -0.05) is 6.92 Å². The van der Waals surface area contributed by atoms with Gasteiger partial charge in [0.25, 0.3) is 0 Å². The Morgan fingerprint density at radius 3 is 3.17 bits per heavy atom. The molecule has 0 radical (unpaired) electrons. The van der Waals surface area contributed by atoms with Crippen molar-refractivity contribution in [1.29, 1.82) is 0 Å². The predicted molar refractivity (Wildman–Crippen MR) is 50.5 cm³/mol. The maximum absolute atomic E-state index is 11.3. The van der Waals surface area contributed by atoms with Crippen LogP contribution in [0, 0.1) is 5.92 Å². The average molecular weight is 180 g/mol. The van der Waals surface area contributed by atoms with E-state index >= 15 is 0 Å². The Kier molecular flexibility index (Phi) is 2.01. The van der Waals surface area contributed by atoms with E-state index < -0.39 is 0 Å². The highest BCUT2D eigenvalue weighted by Crippen LogP contribution is 2.48. The highest BCUT2D eigenvalue weighted by Gasteiger charge is 2.42. The lowest BCUT2D eigenvalue weighted by atomic mass is 10.1. The fourth-order valence-corrected chi connectivity index (χ4v) is 2.39. The summed E-state index contributed by atoms with van der Waals surface area (Å²) in [5.74, 6) is 1.35. The number of carbonyl (C=O) groups is 1. The van der Waals surface area contributed by atoms with E-state index in [4.69, 9.17) is 0 Å². The fraction of sp³-hybridized carbons (Fsp3) is 0.500. The summed E-state index contributed by atoms with van der Waals surface area (Å²) in [6, 6.07) is 2.14. The lowest BCUT2D eigenvalue weighted by Gasteiger charge is -1.93. The summed E-state index contributed by atoms with van der Waals surface area (Å²) in [4.78, 5) is 11.3. The van der Waals surface area contributed by atoms with Crippen molar-refractivity contribution < 1.29 is 4.79 Å². The first kappa shape index (κ1) is 7.99. The third kappa shape index (κ3) is 1.31.